The number of alkyl halides is 3. The van der Waals surface area contributed by atoms with Gasteiger partial charge in [0.2, 0.25) is 17.4 Å². The van der Waals surface area contributed by atoms with Crippen LogP contribution in [0.15, 0.2) is 66.0 Å². The second-order valence-corrected chi connectivity index (χ2v) is 6.66. The fourth-order valence-electron chi connectivity index (χ4n) is 1.91. The van der Waals surface area contributed by atoms with Gasteiger partial charge in [-0.05, 0) is 17.6 Å². The Morgan fingerprint density at radius 3 is 2.32 bits per heavy atom. The number of ketones is 1. The Morgan fingerprint density at radius 2 is 1.75 bits per heavy atom. The predicted octanol–water partition coefficient (Wildman–Crippen LogP) is 3.02. The fraction of sp³-hybridized carbons (Fsp3) is 0.167. The van der Waals surface area contributed by atoms with E-state index < -0.39 is 117 Å². The van der Waals surface area contributed by atoms with Gasteiger partial charge in [-0.2, -0.15) is 21.6 Å². The summed E-state index contributed by atoms with van der Waals surface area (Å²) in [6.07, 6.45) is -8.73. The fourth-order valence-corrected chi connectivity index (χ4v) is 2.88. The predicted molar refractivity (Wildman–Crippen MR) is 91.6 cm³/mol. The summed E-state index contributed by atoms with van der Waals surface area (Å²) in [4.78, 5) is 13.0. The number of ether oxygens (including phenoxy) is 1. The van der Waals surface area contributed by atoms with E-state index in [0.717, 1.165) is 0 Å². The molecule has 0 fully saturated rings. The summed E-state index contributed by atoms with van der Waals surface area (Å²) < 4.78 is 152. The minimum atomic E-state index is -5.34. The summed E-state index contributed by atoms with van der Waals surface area (Å²) in [7, 11) is -5.08. The highest BCUT2D eigenvalue weighted by molar-refractivity contribution is 7.86. The highest BCUT2D eigenvalue weighted by Crippen LogP contribution is 2.35. The molecule has 0 saturated heterocycles. The summed E-state index contributed by atoms with van der Waals surface area (Å²) in [6, 6.07) is -10.6. The second-order valence-electron chi connectivity index (χ2n) is 5.09. The maximum atomic E-state index is 13.2. The van der Waals surface area contributed by atoms with Crippen molar-refractivity contribution in [2.45, 2.75) is 18.0 Å². The van der Waals surface area contributed by atoms with E-state index in [1.54, 1.807) is 0 Å². The summed E-state index contributed by atoms with van der Waals surface area (Å²) in [5.74, 6) is -5.84. The molecule has 2 aromatic rings. The third-order valence-electron chi connectivity index (χ3n) is 3.07. The van der Waals surface area contributed by atoms with E-state index in [1.807, 2.05) is 0 Å². The van der Waals surface area contributed by atoms with E-state index in [9.17, 15) is 26.4 Å². The molecule has 28 heavy (non-hydrogen) atoms. The van der Waals surface area contributed by atoms with Gasteiger partial charge >= 0.3 is 16.3 Å². The van der Waals surface area contributed by atoms with Crippen LogP contribution in [-0.4, -0.2) is 14.2 Å². The van der Waals surface area contributed by atoms with Crippen LogP contribution in [-0.2, 0) is 35.8 Å². The van der Waals surface area contributed by atoms with Crippen LogP contribution in [0.4, 0.5) is 13.2 Å². The van der Waals surface area contributed by atoms with Crippen molar-refractivity contribution in [3.8, 4) is 0 Å². The average Bonchev–Trinajstić information content (AvgIpc) is 3.00. The molecule has 3 rings (SSSR count). The third kappa shape index (κ3) is 4.28. The first-order valence-corrected chi connectivity index (χ1v) is 8.64. The largest absolute Gasteiger partial charge is 0.460 e. The maximum absolute atomic E-state index is 13.2. The van der Waals surface area contributed by atoms with Crippen LogP contribution in [0.1, 0.15) is 36.5 Å². The monoisotopic (exact) mass is 423 g/mol. The molecular weight excluding hydrogens is 399 g/mol. The number of halogens is 3. The molecule has 6 nitrogen and oxygen atoms in total. The molecule has 0 bridgehead atoms. The Kier molecular flexibility index (Phi) is 2.70. The summed E-state index contributed by atoms with van der Waals surface area (Å²) in [6.45, 7) is 0. The number of carbonyl (C=O) groups excluding carboxylic acids is 1. The van der Waals surface area contributed by atoms with Crippen molar-refractivity contribution >= 4 is 15.9 Å². The van der Waals surface area contributed by atoms with Gasteiger partial charge < -0.3 is 14.7 Å². The van der Waals surface area contributed by atoms with Gasteiger partial charge in [0.25, 0.3) is 0 Å². The highest BCUT2D eigenvalue weighted by Gasteiger charge is 2.40. The molecule has 10 heteroatoms. The van der Waals surface area contributed by atoms with Crippen LogP contribution >= 0.6 is 0 Å². The lowest BCUT2D eigenvalue weighted by Gasteiger charge is -2.12. The van der Waals surface area contributed by atoms with Gasteiger partial charge in [-0.3, -0.25) is 4.79 Å². The molecule has 1 atom stereocenters. The normalized spacial score (nSPS) is 25.2. The first-order valence-electron chi connectivity index (χ1n) is 12.1. The van der Waals surface area contributed by atoms with Crippen LogP contribution in [0.2, 0.25) is 0 Å². The van der Waals surface area contributed by atoms with Gasteiger partial charge in [-0.1, -0.05) is 42.3 Å². The molecule has 1 heterocycles. The second kappa shape index (κ2) is 7.19. The molecule has 0 saturated carbocycles. The number of Topliss-reactive ketones (excluding diaryl/α,β-unsaturated/α-hetero) is 1. The van der Waals surface area contributed by atoms with Gasteiger partial charge in [-0.25, -0.2) is 0 Å². The van der Waals surface area contributed by atoms with Crippen LogP contribution in [0.25, 0.3) is 0 Å². The van der Waals surface area contributed by atoms with Crippen molar-refractivity contribution in [1.82, 2.24) is 0 Å². The minimum Gasteiger partial charge on any atom is -0.460 e. The van der Waals surface area contributed by atoms with Crippen molar-refractivity contribution in [3.63, 3.8) is 0 Å². The smallest absolute Gasteiger partial charge is 0.416 e. The van der Waals surface area contributed by atoms with E-state index in [1.165, 1.54) is 0 Å². The van der Waals surface area contributed by atoms with Crippen LogP contribution in [0.5, 0.6) is 0 Å². The molecule has 2 aromatic carbocycles. The summed E-state index contributed by atoms with van der Waals surface area (Å²) in [5, 5.41) is 0. The molecule has 1 aliphatic rings. The van der Waals surface area contributed by atoms with Crippen LogP contribution in [0, 0.1) is 0 Å². The van der Waals surface area contributed by atoms with Gasteiger partial charge in [0.15, 0.2) is 6.08 Å². The zero-order chi connectivity index (χ0) is 29.3. The lowest BCUT2D eigenvalue weighted by atomic mass is 10.0. The molecule has 0 spiro atoms. The lowest BCUT2D eigenvalue weighted by Crippen LogP contribution is -2.16. The third-order valence-corrected chi connectivity index (χ3v) is 4.13. The Balaban J connectivity index is 2.05. The number of rotatable bonds is 5. The van der Waals surface area contributed by atoms with Gasteiger partial charge in [-0.15, -0.1) is 0 Å². The number of hydrogen-bond donors (Lipinski definition) is 1. The first kappa shape index (κ1) is 10.5. The minimum absolute atomic E-state index is 0.749. The van der Waals surface area contributed by atoms with E-state index in [0.29, 0.717) is 0 Å². The standard InChI is InChI=1S/C18H14F3NO5S/c19-18(20,21)13-8-6-12(7-9-13)15-14(23)16(17(22)26-15)27-28(24,25)10-11-4-2-1-3-5-11/h1-9,15H,10,22H2/t15-/m1/s1/i1D,2D,3D,4D,5D,6D,7D,8D,9D,15D. The van der Waals surface area contributed by atoms with Crippen molar-refractivity contribution in [2.75, 3.05) is 0 Å². The Morgan fingerprint density at radius 1 is 1.14 bits per heavy atom. The molecule has 148 valence electrons. The van der Waals surface area contributed by atoms with Crippen molar-refractivity contribution in [1.29, 1.82) is 0 Å². The number of hydrogen-bond acceptors (Lipinski definition) is 6. The van der Waals surface area contributed by atoms with E-state index in [-0.39, 0.29) is 0 Å². The molecular formula is C18H14F3NO5S. The Hall–Kier alpha value is -3.01. The quantitative estimate of drug-likeness (QED) is 0.743. The maximum Gasteiger partial charge on any atom is 0.416 e. The van der Waals surface area contributed by atoms with E-state index >= 15 is 0 Å². The van der Waals surface area contributed by atoms with Gasteiger partial charge in [0.05, 0.1) is 19.3 Å². The van der Waals surface area contributed by atoms with E-state index in [2.05, 4.69) is 4.18 Å². The molecule has 1 aliphatic heterocycles. The molecule has 0 radical (unpaired) electrons. The molecule has 0 aliphatic carbocycles. The molecule has 0 amide bonds. The zero-order valence-electron chi connectivity index (χ0n) is 23.4. The highest BCUT2D eigenvalue weighted by atomic mass is 32.2. The number of benzene rings is 2. The first-order chi connectivity index (χ1) is 17.2. The summed E-state index contributed by atoms with van der Waals surface area (Å²) in [5.41, 5.74) is 1.42. The lowest BCUT2D eigenvalue weighted by molar-refractivity contribution is -0.137. The molecule has 2 N–H and O–H groups in total. The van der Waals surface area contributed by atoms with Crippen molar-refractivity contribution < 1.29 is 49.0 Å². The molecule has 0 aromatic heterocycles. The van der Waals surface area contributed by atoms with E-state index in [4.69, 9.17) is 24.2 Å². The van der Waals surface area contributed by atoms with Crippen LogP contribution in [0.3, 0.4) is 0 Å². The Bertz CT molecular complexity index is 1490. The summed E-state index contributed by atoms with van der Waals surface area (Å²) >= 11 is 0. The SMILES string of the molecule is [2H]c1c([2H])c([2H])c(CS(=O)(=O)OC2=C(N)O[C@]([2H])(c3c([2H])c([2H])c(C(F)(F)F)c([2H])c3[2H])C2=O)c([2H])c1[2H]. The van der Waals surface area contributed by atoms with Gasteiger partial charge in [0.1, 0.15) is 5.75 Å². The average molecular weight is 423 g/mol. The van der Waals surface area contributed by atoms with Crippen molar-refractivity contribution in [3.05, 3.63) is 82.7 Å². The van der Waals surface area contributed by atoms with Crippen molar-refractivity contribution in [2.24, 2.45) is 5.73 Å². The zero-order valence-corrected chi connectivity index (χ0v) is 14.2. The Labute approximate surface area is 172 Å². The number of carbonyl (C=O) groups is 1. The van der Waals surface area contributed by atoms with Gasteiger partial charge in [0, 0.05) is 5.56 Å². The van der Waals surface area contributed by atoms with Crippen LogP contribution < -0.4 is 5.73 Å². The number of nitrogens with two attached hydrogens (primary N) is 1. The molecule has 0 unspecified atom stereocenters. The topological polar surface area (TPSA) is 95.7 Å².